The number of benzene rings is 2. The highest BCUT2D eigenvalue weighted by atomic mass is 35.5. The number of thioether (sulfide) groups is 1. The summed E-state index contributed by atoms with van der Waals surface area (Å²) in [4.78, 5) is 25.1. The highest BCUT2D eigenvalue weighted by molar-refractivity contribution is 7.99. The van der Waals surface area contributed by atoms with Crippen LogP contribution in [0.2, 0.25) is 20.1 Å². The molecule has 178 valence electrons. The number of hydrogen-bond acceptors (Lipinski definition) is 5. The number of nitrogens with zero attached hydrogens (tertiary/aromatic N) is 3. The van der Waals surface area contributed by atoms with Crippen molar-refractivity contribution in [1.82, 2.24) is 20.1 Å². The maximum atomic E-state index is 12.6. The number of hydrogen-bond donors (Lipinski definition) is 2. The third-order valence-corrected chi connectivity index (χ3v) is 6.86. The molecule has 2 aromatic carbocycles. The normalized spacial score (nSPS) is 11.7. The van der Waals surface area contributed by atoms with Crippen molar-refractivity contribution < 1.29 is 9.59 Å². The summed E-state index contributed by atoms with van der Waals surface area (Å²) < 4.78 is 1.77. The molecule has 1 heterocycles. The summed E-state index contributed by atoms with van der Waals surface area (Å²) >= 11 is 25.3. The summed E-state index contributed by atoms with van der Waals surface area (Å²) in [5.74, 6) is -0.110. The molecule has 0 unspecified atom stereocenters. The second kappa shape index (κ2) is 12.0. The van der Waals surface area contributed by atoms with Gasteiger partial charge in [-0.25, -0.2) is 0 Å². The highest BCUT2D eigenvalue weighted by Gasteiger charge is 2.21. The van der Waals surface area contributed by atoms with E-state index < -0.39 is 6.04 Å². The number of carbonyl (C=O) groups excluding carboxylic acids is 2. The van der Waals surface area contributed by atoms with Crippen LogP contribution in [0.3, 0.4) is 0 Å². The van der Waals surface area contributed by atoms with Crippen molar-refractivity contribution >= 4 is 75.7 Å². The van der Waals surface area contributed by atoms with E-state index in [9.17, 15) is 9.59 Å². The number of halogens is 4. The maximum absolute atomic E-state index is 12.6. The number of rotatable bonds is 9. The van der Waals surface area contributed by atoms with Crippen molar-refractivity contribution in [2.45, 2.75) is 24.7 Å². The number of amides is 2. The molecule has 7 nitrogen and oxygen atoms in total. The molecule has 0 aliphatic carbocycles. The molecule has 0 aliphatic rings. The monoisotopic (exact) mass is 557 g/mol. The lowest BCUT2D eigenvalue weighted by atomic mass is 10.2. The molecule has 0 saturated carbocycles. The van der Waals surface area contributed by atoms with Crippen LogP contribution in [0.5, 0.6) is 0 Å². The van der Waals surface area contributed by atoms with E-state index in [1.54, 1.807) is 41.8 Å². The Morgan fingerprint density at radius 1 is 1.09 bits per heavy atom. The van der Waals surface area contributed by atoms with Crippen LogP contribution in [0.1, 0.15) is 29.1 Å². The quantitative estimate of drug-likeness (QED) is 0.183. The summed E-state index contributed by atoms with van der Waals surface area (Å²) in [6.07, 6.45) is 1.68. The minimum atomic E-state index is -0.477. The average molecular weight is 559 g/mol. The van der Waals surface area contributed by atoms with Gasteiger partial charge in [-0.1, -0.05) is 76.4 Å². The molecule has 0 saturated heterocycles. The molecule has 0 spiro atoms. The molecule has 1 atom stereocenters. The van der Waals surface area contributed by atoms with E-state index in [2.05, 4.69) is 27.4 Å². The standard InChI is InChI=1S/C22H19Cl4N5O2S/c1-3-8-31-20(12(2)27-21(33)13-6-4-5-7-14(13)23)29-30-22(31)34-11-19(32)28-18-10-16(25)15(24)9-17(18)26/h3-7,9-10,12H,1,8,11H2,2H3,(H,27,33)(H,28,32)/t12-/m1/s1. The van der Waals surface area contributed by atoms with Gasteiger partial charge < -0.3 is 15.2 Å². The van der Waals surface area contributed by atoms with Gasteiger partial charge in [0.15, 0.2) is 11.0 Å². The van der Waals surface area contributed by atoms with Crippen LogP contribution in [-0.2, 0) is 11.3 Å². The van der Waals surface area contributed by atoms with Gasteiger partial charge in [0.05, 0.1) is 43.1 Å². The molecular formula is C22H19Cl4N5O2S. The minimum Gasteiger partial charge on any atom is -0.342 e. The van der Waals surface area contributed by atoms with Gasteiger partial charge >= 0.3 is 0 Å². The fourth-order valence-corrected chi connectivity index (χ4v) is 4.52. The number of nitrogens with one attached hydrogen (secondary N) is 2. The Labute approximate surface area is 220 Å². The van der Waals surface area contributed by atoms with Gasteiger partial charge in [0, 0.05) is 6.54 Å². The van der Waals surface area contributed by atoms with Crippen LogP contribution in [-0.4, -0.2) is 32.3 Å². The first-order chi connectivity index (χ1) is 16.2. The first-order valence-corrected chi connectivity index (χ1v) is 12.4. The third-order valence-electron chi connectivity index (χ3n) is 4.53. The average Bonchev–Trinajstić information content (AvgIpc) is 3.19. The third kappa shape index (κ3) is 6.46. The van der Waals surface area contributed by atoms with E-state index in [0.29, 0.717) is 38.8 Å². The van der Waals surface area contributed by atoms with Gasteiger partial charge in [-0.3, -0.25) is 9.59 Å². The number of aromatic nitrogens is 3. The van der Waals surface area contributed by atoms with E-state index in [1.807, 2.05) is 0 Å². The molecule has 12 heteroatoms. The molecule has 3 aromatic rings. The van der Waals surface area contributed by atoms with Crippen molar-refractivity contribution in [2.24, 2.45) is 0 Å². The zero-order chi connectivity index (χ0) is 24.8. The van der Waals surface area contributed by atoms with E-state index in [0.717, 1.165) is 0 Å². The van der Waals surface area contributed by atoms with Crippen LogP contribution in [0.4, 0.5) is 5.69 Å². The van der Waals surface area contributed by atoms with Gasteiger partial charge in [0.1, 0.15) is 0 Å². The Hall–Kier alpha value is -2.23. The lowest BCUT2D eigenvalue weighted by molar-refractivity contribution is -0.113. The molecule has 1 aromatic heterocycles. The molecule has 0 bridgehead atoms. The maximum Gasteiger partial charge on any atom is 0.253 e. The lowest BCUT2D eigenvalue weighted by Crippen LogP contribution is -2.29. The molecule has 2 amide bonds. The Bertz CT molecular complexity index is 1230. The highest BCUT2D eigenvalue weighted by Crippen LogP contribution is 2.32. The van der Waals surface area contributed by atoms with E-state index in [1.165, 1.54) is 23.9 Å². The van der Waals surface area contributed by atoms with Gasteiger partial charge in [0.2, 0.25) is 5.91 Å². The Morgan fingerprint density at radius 3 is 2.50 bits per heavy atom. The molecule has 0 fully saturated rings. The summed E-state index contributed by atoms with van der Waals surface area (Å²) in [5, 5.41) is 15.6. The molecule has 34 heavy (non-hydrogen) atoms. The fourth-order valence-electron chi connectivity index (χ4n) is 2.95. The predicted octanol–water partition coefficient (Wildman–Crippen LogP) is 6.30. The van der Waals surface area contributed by atoms with Gasteiger partial charge in [-0.05, 0) is 31.2 Å². The summed E-state index contributed by atoms with van der Waals surface area (Å²) in [7, 11) is 0. The van der Waals surface area contributed by atoms with Crippen LogP contribution in [0.15, 0.2) is 54.2 Å². The molecule has 3 rings (SSSR count). The topological polar surface area (TPSA) is 88.9 Å². The van der Waals surface area contributed by atoms with Gasteiger partial charge in [0.25, 0.3) is 5.91 Å². The lowest BCUT2D eigenvalue weighted by Gasteiger charge is -2.15. The Kier molecular flexibility index (Phi) is 9.27. The Morgan fingerprint density at radius 2 is 1.79 bits per heavy atom. The number of carbonyl (C=O) groups is 2. The second-order valence-corrected chi connectivity index (χ2v) is 9.57. The van der Waals surface area contributed by atoms with Crippen molar-refractivity contribution in [1.29, 1.82) is 0 Å². The zero-order valence-electron chi connectivity index (χ0n) is 17.8. The smallest absolute Gasteiger partial charge is 0.253 e. The van der Waals surface area contributed by atoms with Gasteiger partial charge in [-0.15, -0.1) is 16.8 Å². The molecule has 0 radical (unpaired) electrons. The molecule has 2 N–H and O–H groups in total. The fraction of sp³-hybridized carbons (Fsp3) is 0.182. The number of allylic oxidation sites excluding steroid dienone is 1. The summed E-state index contributed by atoms with van der Waals surface area (Å²) in [6, 6.07) is 9.23. The largest absolute Gasteiger partial charge is 0.342 e. The first-order valence-electron chi connectivity index (χ1n) is 9.87. The van der Waals surface area contributed by atoms with Crippen LogP contribution in [0, 0.1) is 0 Å². The van der Waals surface area contributed by atoms with Crippen molar-refractivity contribution in [3.05, 3.63) is 80.5 Å². The van der Waals surface area contributed by atoms with Crippen LogP contribution >= 0.6 is 58.2 Å². The first kappa shape index (κ1) is 26.4. The van der Waals surface area contributed by atoms with Gasteiger partial charge in [-0.2, -0.15) is 0 Å². The van der Waals surface area contributed by atoms with E-state index in [4.69, 9.17) is 46.4 Å². The second-order valence-electron chi connectivity index (χ2n) is 7.00. The molecule has 0 aliphatic heterocycles. The minimum absolute atomic E-state index is 0.0339. The Balaban J connectivity index is 1.69. The number of anilines is 1. The van der Waals surface area contributed by atoms with Crippen molar-refractivity contribution in [3.8, 4) is 0 Å². The summed E-state index contributed by atoms with van der Waals surface area (Å²) in [5.41, 5.74) is 0.712. The van der Waals surface area contributed by atoms with E-state index in [-0.39, 0.29) is 27.6 Å². The van der Waals surface area contributed by atoms with E-state index >= 15 is 0 Å². The van der Waals surface area contributed by atoms with Crippen molar-refractivity contribution in [3.63, 3.8) is 0 Å². The van der Waals surface area contributed by atoms with Crippen LogP contribution < -0.4 is 10.6 Å². The van der Waals surface area contributed by atoms with Crippen molar-refractivity contribution in [2.75, 3.05) is 11.1 Å². The summed E-state index contributed by atoms with van der Waals surface area (Å²) in [6.45, 7) is 5.94. The van der Waals surface area contributed by atoms with Crippen LogP contribution in [0.25, 0.3) is 0 Å². The SMILES string of the molecule is C=CCn1c(SCC(=O)Nc2cc(Cl)c(Cl)cc2Cl)nnc1[C@@H](C)NC(=O)c1ccccc1Cl. The zero-order valence-corrected chi connectivity index (χ0v) is 21.7. The molecular weight excluding hydrogens is 540 g/mol. The predicted molar refractivity (Wildman–Crippen MR) is 138 cm³/mol.